The highest BCUT2D eigenvalue weighted by Gasteiger charge is 2.10. The second-order valence-electron chi connectivity index (χ2n) is 4.72. The van der Waals surface area contributed by atoms with Gasteiger partial charge in [-0.25, -0.2) is 4.79 Å². The largest absolute Gasteiger partial charge is 0.478 e. The van der Waals surface area contributed by atoms with E-state index in [0.717, 1.165) is 29.2 Å². The van der Waals surface area contributed by atoms with Crippen molar-refractivity contribution in [2.24, 2.45) is 0 Å². The molecule has 0 unspecified atom stereocenters. The van der Waals surface area contributed by atoms with Crippen LogP contribution in [0.5, 0.6) is 0 Å². The van der Waals surface area contributed by atoms with E-state index < -0.39 is 5.97 Å². The highest BCUT2D eigenvalue weighted by molar-refractivity contribution is 5.87. The maximum Gasteiger partial charge on any atom is 0.335 e. The average Bonchev–Trinajstić information content (AvgIpc) is 2.71. The number of nitrogens with zero attached hydrogens (tertiary/aromatic N) is 2. The Morgan fingerprint density at radius 1 is 1.40 bits per heavy atom. The van der Waals surface area contributed by atoms with E-state index in [4.69, 9.17) is 5.11 Å². The molecule has 0 atom stereocenters. The van der Waals surface area contributed by atoms with Gasteiger partial charge in [-0.05, 0) is 38.5 Å². The third-order valence-corrected chi connectivity index (χ3v) is 3.32. The van der Waals surface area contributed by atoms with Gasteiger partial charge >= 0.3 is 5.97 Å². The van der Waals surface area contributed by atoms with Gasteiger partial charge in [0.25, 0.3) is 0 Å². The predicted octanol–water partition coefficient (Wildman–Crippen LogP) is 2.83. The number of hydrogen-bond donors (Lipinski definition) is 2. The maximum absolute atomic E-state index is 10.9. The second-order valence-corrected chi connectivity index (χ2v) is 4.72. The normalized spacial score (nSPS) is 10.6. The molecular formula is C15H19N3O2. The Kier molecular flexibility index (Phi) is 4.08. The molecule has 106 valence electrons. The molecule has 0 saturated heterocycles. The fraction of sp³-hybridized carbons (Fsp3) is 0.333. The van der Waals surface area contributed by atoms with Gasteiger partial charge < -0.3 is 10.4 Å². The molecule has 0 amide bonds. The summed E-state index contributed by atoms with van der Waals surface area (Å²) in [4.78, 5) is 10.9. The van der Waals surface area contributed by atoms with Crippen molar-refractivity contribution in [1.82, 2.24) is 9.78 Å². The van der Waals surface area contributed by atoms with E-state index in [1.54, 1.807) is 18.2 Å². The van der Waals surface area contributed by atoms with Crippen molar-refractivity contribution >= 4 is 11.7 Å². The number of aryl methyl sites for hydroxylation is 2. The van der Waals surface area contributed by atoms with Crippen LogP contribution in [0.25, 0.3) is 0 Å². The van der Waals surface area contributed by atoms with E-state index in [0.29, 0.717) is 12.1 Å². The summed E-state index contributed by atoms with van der Waals surface area (Å²) in [5.41, 5.74) is 4.32. The summed E-state index contributed by atoms with van der Waals surface area (Å²) in [5, 5.41) is 16.8. The van der Waals surface area contributed by atoms with Crippen molar-refractivity contribution in [3.63, 3.8) is 0 Å². The van der Waals surface area contributed by atoms with Gasteiger partial charge in [0, 0.05) is 13.1 Å². The summed E-state index contributed by atoms with van der Waals surface area (Å²) in [6.45, 7) is 7.47. The first-order valence-electron chi connectivity index (χ1n) is 6.63. The monoisotopic (exact) mass is 273 g/mol. The lowest BCUT2D eigenvalue weighted by molar-refractivity contribution is 0.0697. The van der Waals surface area contributed by atoms with Crippen LogP contribution in [-0.2, 0) is 13.1 Å². The van der Waals surface area contributed by atoms with Crippen LogP contribution >= 0.6 is 0 Å². The summed E-state index contributed by atoms with van der Waals surface area (Å²) in [6.07, 6.45) is 0. The van der Waals surface area contributed by atoms with Crippen LogP contribution in [0.2, 0.25) is 0 Å². The SMILES string of the molecule is CCn1nc(C)c(NCc2cccc(C(=O)O)c2)c1C. The minimum Gasteiger partial charge on any atom is -0.478 e. The summed E-state index contributed by atoms with van der Waals surface area (Å²) >= 11 is 0. The van der Waals surface area contributed by atoms with Gasteiger partial charge in [-0.3, -0.25) is 4.68 Å². The van der Waals surface area contributed by atoms with Crippen molar-refractivity contribution in [1.29, 1.82) is 0 Å². The summed E-state index contributed by atoms with van der Waals surface area (Å²) in [7, 11) is 0. The number of benzene rings is 1. The van der Waals surface area contributed by atoms with Crippen LogP contribution in [0.4, 0.5) is 5.69 Å². The molecule has 0 saturated carbocycles. The van der Waals surface area contributed by atoms with Crippen molar-refractivity contribution in [2.45, 2.75) is 33.9 Å². The summed E-state index contributed by atoms with van der Waals surface area (Å²) in [6, 6.07) is 6.95. The lowest BCUT2D eigenvalue weighted by atomic mass is 10.1. The molecule has 0 spiro atoms. The van der Waals surface area contributed by atoms with E-state index >= 15 is 0 Å². The average molecular weight is 273 g/mol. The molecule has 1 heterocycles. The molecule has 0 bridgehead atoms. The van der Waals surface area contributed by atoms with Gasteiger partial charge in [0.05, 0.1) is 22.6 Å². The first kappa shape index (κ1) is 14.1. The minimum atomic E-state index is -0.905. The zero-order valence-corrected chi connectivity index (χ0v) is 12.0. The second kappa shape index (κ2) is 5.77. The Morgan fingerprint density at radius 3 is 2.75 bits per heavy atom. The fourth-order valence-corrected chi connectivity index (χ4v) is 2.27. The zero-order valence-electron chi connectivity index (χ0n) is 12.0. The molecule has 1 aromatic heterocycles. The minimum absolute atomic E-state index is 0.307. The predicted molar refractivity (Wildman–Crippen MR) is 78.1 cm³/mol. The standard InChI is InChI=1S/C15H19N3O2/c1-4-18-11(3)14(10(2)17-18)16-9-12-6-5-7-13(8-12)15(19)20/h5-8,16H,4,9H2,1-3H3,(H,19,20). The molecule has 0 fully saturated rings. The first-order chi connectivity index (χ1) is 9.52. The van der Waals surface area contributed by atoms with Crippen LogP contribution in [-0.4, -0.2) is 20.9 Å². The van der Waals surface area contributed by atoms with E-state index in [2.05, 4.69) is 17.3 Å². The van der Waals surface area contributed by atoms with E-state index in [1.165, 1.54) is 0 Å². The first-order valence-corrected chi connectivity index (χ1v) is 6.63. The number of carboxylic acids is 1. The lowest BCUT2D eigenvalue weighted by Crippen LogP contribution is -2.04. The number of nitrogens with one attached hydrogen (secondary N) is 1. The fourth-order valence-electron chi connectivity index (χ4n) is 2.27. The van der Waals surface area contributed by atoms with Crippen LogP contribution in [0.15, 0.2) is 24.3 Å². The topological polar surface area (TPSA) is 67.2 Å². The van der Waals surface area contributed by atoms with E-state index in [-0.39, 0.29) is 0 Å². The molecular weight excluding hydrogens is 254 g/mol. The Labute approximate surface area is 118 Å². The lowest BCUT2D eigenvalue weighted by Gasteiger charge is -2.08. The number of carboxylic acid groups (broad SMARTS) is 1. The quantitative estimate of drug-likeness (QED) is 0.879. The van der Waals surface area contributed by atoms with Crippen molar-refractivity contribution in [3.05, 3.63) is 46.8 Å². The van der Waals surface area contributed by atoms with Crippen molar-refractivity contribution in [3.8, 4) is 0 Å². The van der Waals surface area contributed by atoms with Crippen LogP contribution in [0.1, 0.15) is 34.2 Å². The molecule has 0 aliphatic heterocycles. The Hall–Kier alpha value is -2.30. The van der Waals surface area contributed by atoms with Gasteiger partial charge in [-0.1, -0.05) is 12.1 Å². The number of rotatable bonds is 5. The van der Waals surface area contributed by atoms with Gasteiger partial charge in [-0.2, -0.15) is 5.10 Å². The van der Waals surface area contributed by atoms with E-state index in [9.17, 15) is 4.79 Å². The molecule has 1 aromatic carbocycles. The molecule has 20 heavy (non-hydrogen) atoms. The highest BCUT2D eigenvalue weighted by atomic mass is 16.4. The number of hydrogen-bond acceptors (Lipinski definition) is 3. The number of carbonyl (C=O) groups is 1. The summed E-state index contributed by atoms with van der Waals surface area (Å²) < 4.78 is 1.95. The Morgan fingerprint density at radius 2 is 2.15 bits per heavy atom. The van der Waals surface area contributed by atoms with Gasteiger partial charge in [0.2, 0.25) is 0 Å². The molecule has 2 rings (SSSR count). The van der Waals surface area contributed by atoms with Crippen molar-refractivity contribution in [2.75, 3.05) is 5.32 Å². The number of aromatic nitrogens is 2. The highest BCUT2D eigenvalue weighted by Crippen LogP contribution is 2.20. The third kappa shape index (κ3) is 2.82. The van der Waals surface area contributed by atoms with Crippen LogP contribution in [0.3, 0.4) is 0 Å². The third-order valence-electron chi connectivity index (χ3n) is 3.32. The van der Waals surface area contributed by atoms with Gasteiger partial charge in [0.1, 0.15) is 0 Å². The molecule has 5 nitrogen and oxygen atoms in total. The molecule has 5 heteroatoms. The maximum atomic E-state index is 10.9. The van der Waals surface area contributed by atoms with E-state index in [1.807, 2.05) is 24.6 Å². The molecule has 0 aliphatic carbocycles. The molecule has 2 aromatic rings. The molecule has 0 radical (unpaired) electrons. The molecule has 0 aliphatic rings. The Balaban J connectivity index is 2.15. The zero-order chi connectivity index (χ0) is 14.7. The van der Waals surface area contributed by atoms with Crippen LogP contribution in [0, 0.1) is 13.8 Å². The van der Waals surface area contributed by atoms with Gasteiger partial charge in [0.15, 0.2) is 0 Å². The number of aromatic carboxylic acids is 1. The molecule has 2 N–H and O–H groups in total. The summed E-state index contributed by atoms with van der Waals surface area (Å²) in [5.74, 6) is -0.905. The van der Waals surface area contributed by atoms with Crippen LogP contribution < -0.4 is 5.32 Å². The Bertz CT molecular complexity index is 632. The van der Waals surface area contributed by atoms with Gasteiger partial charge in [-0.15, -0.1) is 0 Å². The van der Waals surface area contributed by atoms with Crippen molar-refractivity contribution < 1.29 is 9.90 Å². The number of anilines is 1. The smallest absolute Gasteiger partial charge is 0.335 e.